The third kappa shape index (κ3) is 3.56. The number of hydrogen-bond donors (Lipinski definition) is 1. The van der Waals surface area contributed by atoms with Crippen molar-refractivity contribution in [1.29, 1.82) is 0 Å². The topological polar surface area (TPSA) is 46.5 Å². The maximum absolute atomic E-state index is 13.4. The standard InChI is InChI=1S/C16H14F2O3/c1-21-15-6-5-12(18)9-13(15)14(16(19)20)8-10-3-2-4-11(17)7-10/h2-7,9,14H,8H2,1H3,(H,19,20). The molecule has 5 heteroatoms. The number of halogens is 2. The Balaban J connectivity index is 2.40. The highest BCUT2D eigenvalue weighted by molar-refractivity contribution is 5.77. The minimum atomic E-state index is -1.12. The molecule has 1 atom stereocenters. The molecular weight excluding hydrogens is 278 g/mol. The Morgan fingerprint density at radius 1 is 1.19 bits per heavy atom. The van der Waals surface area contributed by atoms with Crippen LogP contribution in [-0.4, -0.2) is 18.2 Å². The maximum atomic E-state index is 13.4. The average molecular weight is 292 g/mol. The van der Waals surface area contributed by atoms with Gasteiger partial charge < -0.3 is 9.84 Å². The van der Waals surface area contributed by atoms with Crippen LogP contribution in [-0.2, 0) is 11.2 Å². The van der Waals surface area contributed by atoms with Crippen molar-refractivity contribution in [3.63, 3.8) is 0 Å². The predicted octanol–water partition coefficient (Wildman–Crippen LogP) is 3.38. The zero-order chi connectivity index (χ0) is 15.4. The van der Waals surface area contributed by atoms with E-state index in [9.17, 15) is 18.7 Å². The van der Waals surface area contributed by atoms with E-state index in [2.05, 4.69) is 0 Å². The van der Waals surface area contributed by atoms with Gasteiger partial charge in [0.25, 0.3) is 0 Å². The van der Waals surface area contributed by atoms with Crippen LogP contribution in [0.5, 0.6) is 5.75 Å². The average Bonchev–Trinajstić information content (AvgIpc) is 2.44. The highest BCUT2D eigenvalue weighted by atomic mass is 19.1. The molecule has 0 amide bonds. The van der Waals surface area contributed by atoms with Gasteiger partial charge in [0, 0.05) is 5.56 Å². The molecule has 2 rings (SSSR count). The van der Waals surface area contributed by atoms with Gasteiger partial charge in [-0.1, -0.05) is 12.1 Å². The Kier molecular flexibility index (Phi) is 4.52. The van der Waals surface area contributed by atoms with Gasteiger partial charge >= 0.3 is 5.97 Å². The van der Waals surface area contributed by atoms with Crippen LogP contribution in [0.2, 0.25) is 0 Å². The molecule has 2 aromatic rings. The van der Waals surface area contributed by atoms with Crippen LogP contribution in [0.3, 0.4) is 0 Å². The van der Waals surface area contributed by atoms with Crippen LogP contribution < -0.4 is 4.74 Å². The largest absolute Gasteiger partial charge is 0.496 e. The van der Waals surface area contributed by atoms with Crippen LogP contribution in [0.15, 0.2) is 42.5 Å². The summed E-state index contributed by atoms with van der Waals surface area (Å²) >= 11 is 0. The Labute approximate surface area is 120 Å². The smallest absolute Gasteiger partial charge is 0.311 e. The number of carbonyl (C=O) groups is 1. The quantitative estimate of drug-likeness (QED) is 0.919. The fourth-order valence-corrected chi connectivity index (χ4v) is 2.21. The van der Waals surface area contributed by atoms with Gasteiger partial charge in [0.1, 0.15) is 17.4 Å². The fourth-order valence-electron chi connectivity index (χ4n) is 2.21. The number of carboxylic acids is 1. The van der Waals surface area contributed by atoms with Crippen molar-refractivity contribution >= 4 is 5.97 Å². The Morgan fingerprint density at radius 3 is 2.52 bits per heavy atom. The van der Waals surface area contributed by atoms with Crippen LogP contribution >= 0.6 is 0 Å². The van der Waals surface area contributed by atoms with Crippen LogP contribution in [0.4, 0.5) is 8.78 Å². The lowest BCUT2D eigenvalue weighted by molar-refractivity contribution is -0.138. The predicted molar refractivity (Wildman–Crippen MR) is 73.4 cm³/mol. The Morgan fingerprint density at radius 2 is 1.90 bits per heavy atom. The molecule has 0 saturated carbocycles. The second-order valence-corrected chi connectivity index (χ2v) is 4.61. The lowest BCUT2D eigenvalue weighted by Gasteiger charge is -2.16. The number of carboxylic acid groups (broad SMARTS) is 1. The van der Waals surface area contributed by atoms with Crippen LogP contribution in [0.1, 0.15) is 17.0 Å². The van der Waals surface area contributed by atoms with Gasteiger partial charge in [0.2, 0.25) is 0 Å². The van der Waals surface area contributed by atoms with E-state index in [-0.39, 0.29) is 12.0 Å². The van der Waals surface area contributed by atoms with Crippen molar-refractivity contribution in [2.75, 3.05) is 7.11 Å². The zero-order valence-electron chi connectivity index (χ0n) is 11.3. The van der Waals surface area contributed by atoms with E-state index in [0.29, 0.717) is 11.3 Å². The number of hydrogen-bond acceptors (Lipinski definition) is 2. The zero-order valence-corrected chi connectivity index (χ0v) is 11.3. The van der Waals surface area contributed by atoms with E-state index >= 15 is 0 Å². The van der Waals surface area contributed by atoms with Gasteiger partial charge in [-0.05, 0) is 42.3 Å². The molecule has 21 heavy (non-hydrogen) atoms. The fraction of sp³-hybridized carbons (Fsp3) is 0.188. The van der Waals surface area contributed by atoms with Gasteiger partial charge in [0.15, 0.2) is 0 Å². The molecule has 3 nitrogen and oxygen atoms in total. The molecule has 0 aliphatic carbocycles. The minimum absolute atomic E-state index is 0.0485. The molecule has 0 spiro atoms. The first kappa shape index (κ1) is 15.0. The third-order valence-electron chi connectivity index (χ3n) is 3.19. The summed E-state index contributed by atoms with van der Waals surface area (Å²) in [4.78, 5) is 11.5. The van der Waals surface area contributed by atoms with Crippen molar-refractivity contribution < 1.29 is 23.4 Å². The van der Waals surface area contributed by atoms with E-state index in [1.807, 2.05) is 0 Å². The highest BCUT2D eigenvalue weighted by Gasteiger charge is 2.24. The summed E-state index contributed by atoms with van der Waals surface area (Å²) in [7, 11) is 1.39. The number of ether oxygens (including phenoxy) is 1. The molecular formula is C16H14F2O3. The molecule has 0 aliphatic rings. The minimum Gasteiger partial charge on any atom is -0.496 e. The molecule has 0 bridgehead atoms. The van der Waals surface area contributed by atoms with Crippen molar-refractivity contribution in [2.24, 2.45) is 0 Å². The monoisotopic (exact) mass is 292 g/mol. The van der Waals surface area contributed by atoms with Gasteiger partial charge in [-0.15, -0.1) is 0 Å². The van der Waals surface area contributed by atoms with E-state index in [4.69, 9.17) is 4.74 Å². The molecule has 0 aliphatic heterocycles. The summed E-state index contributed by atoms with van der Waals surface area (Å²) in [5.41, 5.74) is 0.753. The third-order valence-corrected chi connectivity index (χ3v) is 3.19. The van der Waals surface area contributed by atoms with Gasteiger partial charge in [-0.25, -0.2) is 8.78 Å². The SMILES string of the molecule is COc1ccc(F)cc1C(Cc1cccc(F)c1)C(=O)O. The molecule has 0 heterocycles. The number of benzene rings is 2. The number of aliphatic carboxylic acids is 1. The first-order valence-electron chi connectivity index (χ1n) is 6.32. The molecule has 0 aromatic heterocycles. The van der Waals surface area contributed by atoms with E-state index in [1.54, 1.807) is 6.07 Å². The first-order chi connectivity index (χ1) is 10.0. The van der Waals surface area contributed by atoms with Crippen molar-refractivity contribution in [3.05, 3.63) is 65.2 Å². The van der Waals surface area contributed by atoms with Crippen molar-refractivity contribution in [2.45, 2.75) is 12.3 Å². The lowest BCUT2D eigenvalue weighted by Crippen LogP contribution is -2.16. The summed E-state index contributed by atoms with van der Waals surface area (Å²) in [6, 6.07) is 9.40. The molecule has 0 radical (unpaired) electrons. The summed E-state index contributed by atoms with van der Waals surface area (Å²) in [6.07, 6.45) is 0.0485. The second-order valence-electron chi connectivity index (χ2n) is 4.61. The molecule has 0 fully saturated rings. The molecule has 110 valence electrons. The van der Waals surface area contributed by atoms with E-state index in [0.717, 1.165) is 6.07 Å². The lowest BCUT2D eigenvalue weighted by atomic mass is 9.91. The normalized spacial score (nSPS) is 12.0. The highest BCUT2D eigenvalue weighted by Crippen LogP contribution is 2.30. The van der Waals surface area contributed by atoms with Crippen molar-refractivity contribution in [3.8, 4) is 5.75 Å². The Hall–Kier alpha value is -2.43. The first-order valence-corrected chi connectivity index (χ1v) is 6.32. The Bertz CT molecular complexity index is 656. The molecule has 1 N–H and O–H groups in total. The summed E-state index contributed by atoms with van der Waals surface area (Å²) in [5, 5.41) is 9.40. The van der Waals surface area contributed by atoms with E-state index in [1.165, 1.54) is 37.4 Å². The maximum Gasteiger partial charge on any atom is 0.311 e. The van der Waals surface area contributed by atoms with Crippen LogP contribution in [0, 0.1) is 11.6 Å². The van der Waals surface area contributed by atoms with Crippen LogP contribution in [0.25, 0.3) is 0 Å². The summed E-state index contributed by atoms with van der Waals surface area (Å²) < 4.78 is 31.7. The molecule has 1 unspecified atom stereocenters. The van der Waals surface area contributed by atoms with E-state index < -0.39 is 23.5 Å². The summed E-state index contributed by atoms with van der Waals surface area (Å²) in [5.74, 6) is -2.83. The van der Waals surface area contributed by atoms with Gasteiger partial charge in [0.05, 0.1) is 13.0 Å². The summed E-state index contributed by atoms with van der Waals surface area (Å²) in [6.45, 7) is 0. The van der Waals surface area contributed by atoms with Gasteiger partial charge in [-0.3, -0.25) is 4.79 Å². The second kappa shape index (κ2) is 6.35. The molecule has 0 saturated heterocycles. The van der Waals surface area contributed by atoms with Gasteiger partial charge in [-0.2, -0.15) is 0 Å². The number of methoxy groups -OCH3 is 1. The van der Waals surface area contributed by atoms with Crippen molar-refractivity contribution in [1.82, 2.24) is 0 Å². The number of rotatable bonds is 5. The molecule has 2 aromatic carbocycles.